The van der Waals surface area contributed by atoms with Crippen molar-refractivity contribution < 1.29 is 14.2 Å². The Balaban J connectivity index is 1.73. The maximum Gasteiger partial charge on any atom is 0.166 e. The molecule has 0 aromatic heterocycles. The van der Waals surface area contributed by atoms with Gasteiger partial charge in [0.05, 0.1) is 12.5 Å². The summed E-state index contributed by atoms with van der Waals surface area (Å²) in [5.41, 5.74) is 2.68. The quantitative estimate of drug-likeness (QED) is 0.765. The summed E-state index contributed by atoms with van der Waals surface area (Å²) in [7, 11) is 5.91. The normalized spacial score (nSPS) is 46.8. The van der Waals surface area contributed by atoms with E-state index in [1.165, 1.54) is 17.5 Å². The summed E-state index contributed by atoms with van der Waals surface area (Å²) in [4.78, 5) is 2.59. The molecule has 1 saturated heterocycles. The number of benzene rings is 1. The molecule has 2 aliphatic heterocycles. The highest BCUT2D eigenvalue weighted by Gasteiger charge is 2.78. The maximum absolute atomic E-state index is 6.81. The zero-order chi connectivity index (χ0) is 17.9. The van der Waals surface area contributed by atoms with Crippen molar-refractivity contribution in [1.82, 2.24) is 4.90 Å². The third-order valence-electron chi connectivity index (χ3n) is 8.61. The molecule has 7 rings (SSSR count). The number of likely N-dealkylation sites (tertiary alicyclic amines) is 1. The summed E-state index contributed by atoms with van der Waals surface area (Å²) in [5, 5.41) is 0. The van der Waals surface area contributed by atoms with Gasteiger partial charge in [0.15, 0.2) is 11.5 Å². The van der Waals surface area contributed by atoms with Gasteiger partial charge >= 0.3 is 0 Å². The predicted molar refractivity (Wildman–Crippen MR) is 98.9 cm³/mol. The monoisotopic (exact) mass is 353 g/mol. The van der Waals surface area contributed by atoms with E-state index in [0.717, 1.165) is 30.9 Å². The highest BCUT2D eigenvalue weighted by molar-refractivity contribution is 5.65. The molecule has 1 saturated carbocycles. The van der Waals surface area contributed by atoms with E-state index in [0.29, 0.717) is 12.0 Å². The first-order valence-electron chi connectivity index (χ1n) is 9.87. The summed E-state index contributed by atoms with van der Waals surface area (Å²) < 4.78 is 18.8. The average molecular weight is 353 g/mol. The van der Waals surface area contributed by atoms with Crippen molar-refractivity contribution in [3.63, 3.8) is 0 Å². The molecule has 6 atom stereocenters. The summed E-state index contributed by atoms with van der Waals surface area (Å²) >= 11 is 0. The fourth-order valence-electron chi connectivity index (χ4n) is 7.56. The largest absolute Gasteiger partial charge is 0.493 e. The molecule has 4 heteroatoms. The minimum atomic E-state index is -0.346. The molecule has 4 aliphatic carbocycles. The van der Waals surface area contributed by atoms with Crippen molar-refractivity contribution in [2.24, 2.45) is 11.3 Å². The van der Waals surface area contributed by atoms with Gasteiger partial charge in [-0.25, -0.2) is 0 Å². The number of hydrogen-bond donors (Lipinski definition) is 0. The van der Waals surface area contributed by atoms with E-state index < -0.39 is 0 Å². The molecule has 2 unspecified atom stereocenters. The van der Waals surface area contributed by atoms with Gasteiger partial charge in [0, 0.05) is 24.1 Å². The maximum atomic E-state index is 6.81. The molecule has 4 nitrogen and oxygen atoms in total. The number of ether oxygens (including phenoxy) is 3. The van der Waals surface area contributed by atoms with E-state index in [4.69, 9.17) is 14.2 Å². The van der Waals surface area contributed by atoms with E-state index in [9.17, 15) is 0 Å². The fraction of sp³-hybridized carbons (Fsp3) is 0.636. The first kappa shape index (κ1) is 15.5. The second kappa shape index (κ2) is 4.48. The molecule has 0 N–H and O–H groups in total. The number of hydrogen-bond acceptors (Lipinski definition) is 4. The zero-order valence-electron chi connectivity index (χ0n) is 16.0. The van der Waals surface area contributed by atoms with Crippen LogP contribution in [0.15, 0.2) is 24.3 Å². The van der Waals surface area contributed by atoms with E-state index in [-0.39, 0.29) is 22.5 Å². The molecule has 4 bridgehead atoms. The van der Waals surface area contributed by atoms with Crippen LogP contribution in [0.3, 0.4) is 0 Å². The van der Waals surface area contributed by atoms with E-state index >= 15 is 0 Å². The second-order valence-corrected chi connectivity index (χ2v) is 9.09. The fourth-order valence-corrected chi connectivity index (χ4v) is 7.56. The van der Waals surface area contributed by atoms with Gasteiger partial charge in [-0.1, -0.05) is 25.1 Å². The summed E-state index contributed by atoms with van der Waals surface area (Å²) in [6.45, 7) is 3.46. The smallest absolute Gasteiger partial charge is 0.166 e. The zero-order valence-corrected chi connectivity index (χ0v) is 16.0. The minimum Gasteiger partial charge on any atom is -0.493 e. The van der Waals surface area contributed by atoms with Crippen LogP contribution in [0.2, 0.25) is 0 Å². The number of rotatable bonds is 2. The Morgan fingerprint density at radius 1 is 1.23 bits per heavy atom. The first-order valence-corrected chi connectivity index (χ1v) is 9.87. The van der Waals surface area contributed by atoms with Crippen molar-refractivity contribution >= 4 is 0 Å². The molecule has 2 fully saturated rings. The van der Waals surface area contributed by atoms with Crippen molar-refractivity contribution in [3.05, 3.63) is 35.4 Å². The lowest BCUT2D eigenvalue weighted by Gasteiger charge is -2.70. The van der Waals surface area contributed by atoms with Gasteiger partial charge in [-0.15, -0.1) is 0 Å². The number of fused-ring (bicyclic) bond motifs is 1. The molecule has 2 spiro atoms. The van der Waals surface area contributed by atoms with Crippen LogP contribution in [-0.4, -0.2) is 50.5 Å². The molecule has 138 valence electrons. The van der Waals surface area contributed by atoms with Gasteiger partial charge < -0.3 is 19.1 Å². The number of methoxy groups -OCH3 is 2. The van der Waals surface area contributed by atoms with Gasteiger partial charge in [0.25, 0.3) is 0 Å². The molecule has 26 heavy (non-hydrogen) atoms. The van der Waals surface area contributed by atoms with Crippen LogP contribution in [0.25, 0.3) is 0 Å². The van der Waals surface area contributed by atoms with Gasteiger partial charge in [0.2, 0.25) is 0 Å². The second-order valence-electron chi connectivity index (χ2n) is 9.09. The van der Waals surface area contributed by atoms with Crippen molar-refractivity contribution in [2.75, 3.05) is 27.8 Å². The molecular formula is C22H27NO3. The van der Waals surface area contributed by atoms with Crippen LogP contribution in [0.4, 0.5) is 0 Å². The summed E-state index contributed by atoms with van der Waals surface area (Å²) in [5.74, 6) is 2.30. The highest BCUT2D eigenvalue weighted by atomic mass is 16.6. The summed E-state index contributed by atoms with van der Waals surface area (Å²) in [6.07, 6.45) is 8.30. The van der Waals surface area contributed by atoms with Crippen molar-refractivity contribution in [2.45, 2.75) is 49.3 Å². The molecule has 0 radical (unpaired) electrons. The lowest BCUT2D eigenvalue weighted by Crippen LogP contribution is -2.78. The third-order valence-corrected chi connectivity index (χ3v) is 8.61. The van der Waals surface area contributed by atoms with Crippen LogP contribution in [-0.2, 0) is 16.6 Å². The van der Waals surface area contributed by atoms with Gasteiger partial charge in [-0.05, 0) is 50.4 Å². The first-order chi connectivity index (χ1) is 12.5. The standard InChI is InChI=1S/C22H27NO3/c1-13-12-20-7-8-22(13,25-4)19-21(20)9-10-23(2)16(20)11-14-5-6-15(24-3)18(26-19)17(14)21/h5-8,13,16,19H,9-12H2,1-4H3/t13-,16?,19+,20+,21?,22+/m0/s1. The van der Waals surface area contributed by atoms with Crippen LogP contribution in [0.5, 0.6) is 11.5 Å². The van der Waals surface area contributed by atoms with Gasteiger partial charge in [-0.3, -0.25) is 0 Å². The van der Waals surface area contributed by atoms with E-state index in [1.807, 2.05) is 7.11 Å². The highest BCUT2D eigenvalue weighted by Crippen LogP contribution is 2.74. The molecule has 1 aromatic rings. The van der Waals surface area contributed by atoms with Gasteiger partial charge in [0.1, 0.15) is 11.7 Å². The lowest BCUT2D eigenvalue weighted by atomic mass is 9.37. The Kier molecular flexibility index (Phi) is 2.67. The van der Waals surface area contributed by atoms with E-state index in [2.05, 4.69) is 43.2 Å². The topological polar surface area (TPSA) is 30.9 Å². The molecule has 1 aromatic carbocycles. The van der Waals surface area contributed by atoms with E-state index in [1.54, 1.807) is 7.11 Å². The summed E-state index contributed by atoms with van der Waals surface area (Å²) in [6, 6.07) is 4.90. The lowest BCUT2D eigenvalue weighted by molar-refractivity contribution is -0.210. The number of piperidine rings is 1. The molecule has 0 amide bonds. The van der Waals surface area contributed by atoms with Crippen LogP contribution >= 0.6 is 0 Å². The van der Waals surface area contributed by atoms with Crippen LogP contribution in [0, 0.1) is 11.3 Å². The molecule has 2 heterocycles. The minimum absolute atomic E-state index is 0.0128. The Morgan fingerprint density at radius 2 is 2.08 bits per heavy atom. The Hall–Kier alpha value is -1.52. The number of likely N-dealkylation sites (N-methyl/N-ethyl adjacent to an activating group) is 1. The SMILES string of the molecule is COc1ccc2c3c1O[C@@H]1C34CCN(C)C(C2)[C@]42C=C[C@@]1(OC)[C@@H](C)C2. The van der Waals surface area contributed by atoms with Crippen molar-refractivity contribution in [1.29, 1.82) is 0 Å². The third kappa shape index (κ3) is 1.30. The van der Waals surface area contributed by atoms with Crippen LogP contribution in [0.1, 0.15) is 30.9 Å². The Labute approximate surface area is 155 Å². The Morgan fingerprint density at radius 3 is 2.81 bits per heavy atom. The van der Waals surface area contributed by atoms with Crippen LogP contribution < -0.4 is 9.47 Å². The number of nitrogens with zero attached hydrogens (tertiary/aromatic N) is 1. The molecule has 6 aliphatic rings. The van der Waals surface area contributed by atoms with Gasteiger partial charge in [-0.2, -0.15) is 0 Å². The molecular weight excluding hydrogens is 326 g/mol. The van der Waals surface area contributed by atoms with Crippen molar-refractivity contribution in [3.8, 4) is 11.5 Å². The average Bonchev–Trinajstić information content (AvgIpc) is 3.01. The Bertz CT molecular complexity index is 850. The predicted octanol–water partition coefficient (Wildman–Crippen LogP) is 2.94.